The Morgan fingerprint density at radius 2 is 1.60 bits per heavy atom. The van der Waals surface area contributed by atoms with E-state index in [1.807, 2.05) is 0 Å². The van der Waals surface area contributed by atoms with Crippen LogP contribution in [0.25, 0.3) is 21.5 Å². The Labute approximate surface area is 242 Å². The van der Waals surface area contributed by atoms with Gasteiger partial charge in [0.2, 0.25) is 5.91 Å². The van der Waals surface area contributed by atoms with Gasteiger partial charge in [0.15, 0.2) is 0 Å². The van der Waals surface area contributed by atoms with Crippen LogP contribution in [-0.4, -0.2) is 89.7 Å². The quantitative estimate of drug-likeness (QED) is 0.370. The van der Waals surface area contributed by atoms with Crippen molar-refractivity contribution in [3.05, 3.63) is 45.8 Å². The molecule has 6 heterocycles. The van der Waals surface area contributed by atoms with E-state index in [-0.39, 0.29) is 0 Å². The summed E-state index contributed by atoms with van der Waals surface area (Å²) >= 11 is 1.79. The average molecular weight is 561 g/mol. The molecule has 4 saturated heterocycles. The van der Waals surface area contributed by atoms with Crippen LogP contribution in [0.3, 0.4) is 0 Å². The topological polar surface area (TPSA) is 55.1 Å². The number of fused-ring (bicyclic) bond motifs is 3. The number of hydrogen-bond acceptors (Lipinski definition) is 5. The van der Waals surface area contributed by atoms with E-state index in [9.17, 15) is 4.79 Å². The largest absolute Gasteiger partial charge is 0.372 e. The summed E-state index contributed by atoms with van der Waals surface area (Å²) in [6.07, 6.45) is 6.22. The summed E-state index contributed by atoms with van der Waals surface area (Å²) in [5.74, 6) is 0.326. The standard InChI is InChI=1S/C33H44N4O2S/c1-21-15-22(2)17-23(16-21)30-27(9-10-35-11-13-36(14-12-35)19-26-20-39-26)28-18-29(40-31(28)34-30)33(3,4)32(38)37-24-5-6-25(37)8-7-24/h15-18,24-26,34H,5-14,19-20H2,1-4H3. The molecule has 6 nitrogen and oxygen atoms in total. The van der Waals surface area contributed by atoms with Crippen molar-refractivity contribution in [3.8, 4) is 11.3 Å². The molecule has 2 bridgehead atoms. The predicted molar refractivity (Wildman–Crippen MR) is 163 cm³/mol. The van der Waals surface area contributed by atoms with Crippen molar-refractivity contribution in [2.24, 2.45) is 0 Å². The zero-order valence-corrected chi connectivity index (χ0v) is 25.4. The van der Waals surface area contributed by atoms with Crippen molar-refractivity contribution >= 4 is 27.5 Å². The van der Waals surface area contributed by atoms with Crippen LogP contribution in [0.5, 0.6) is 0 Å². The molecule has 0 saturated carbocycles. The van der Waals surface area contributed by atoms with Crippen molar-refractivity contribution in [3.63, 3.8) is 0 Å². The summed E-state index contributed by atoms with van der Waals surface area (Å²) in [5, 5.41) is 1.31. The van der Waals surface area contributed by atoms with Gasteiger partial charge in [-0.2, -0.15) is 0 Å². The first-order valence-corrected chi connectivity index (χ1v) is 16.2. The number of thiophene rings is 1. The predicted octanol–water partition coefficient (Wildman–Crippen LogP) is 5.50. The van der Waals surface area contributed by atoms with E-state index in [0.717, 1.165) is 52.3 Å². The van der Waals surface area contributed by atoms with Gasteiger partial charge < -0.3 is 19.5 Å². The fourth-order valence-electron chi connectivity index (χ4n) is 7.56. The lowest BCUT2D eigenvalue weighted by Crippen LogP contribution is -2.47. The van der Waals surface area contributed by atoms with Gasteiger partial charge >= 0.3 is 0 Å². The van der Waals surface area contributed by atoms with Crippen LogP contribution in [0.1, 0.15) is 61.1 Å². The van der Waals surface area contributed by atoms with Crippen molar-refractivity contribution in [2.45, 2.75) is 83.4 Å². The second kappa shape index (κ2) is 10.3. The summed E-state index contributed by atoms with van der Waals surface area (Å²) in [6, 6.07) is 10.1. The van der Waals surface area contributed by atoms with E-state index in [1.54, 1.807) is 11.3 Å². The maximum Gasteiger partial charge on any atom is 0.233 e. The lowest BCUT2D eigenvalue weighted by Gasteiger charge is -2.34. The SMILES string of the molecule is Cc1cc(C)cc(-c2[nH]c3sc(C(C)(C)C(=O)N4C5CCC4CC5)cc3c2CCN2CCN(CC3CO3)CC2)c1. The van der Waals surface area contributed by atoms with E-state index >= 15 is 0 Å². The molecule has 1 unspecified atom stereocenters. The van der Waals surface area contributed by atoms with Crippen LogP contribution < -0.4 is 0 Å². The lowest BCUT2D eigenvalue weighted by atomic mass is 9.88. The Morgan fingerprint density at radius 1 is 0.975 bits per heavy atom. The van der Waals surface area contributed by atoms with Crippen LogP contribution in [0.4, 0.5) is 0 Å². The molecule has 4 aliphatic rings. The summed E-state index contributed by atoms with van der Waals surface area (Å²) in [5.41, 5.74) is 6.02. The molecule has 4 fully saturated rings. The highest BCUT2D eigenvalue weighted by Crippen LogP contribution is 2.44. The molecule has 1 atom stereocenters. The number of amides is 1. The number of nitrogens with one attached hydrogen (secondary N) is 1. The van der Waals surface area contributed by atoms with E-state index < -0.39 is 5.41 Å². The van der Waals surface area contributed by atoms with E-state index in [4.69, 9.17) is 4.74 Å². The molecule has 2 aromatic heterocycles. The van der Waals surface area contributed by atoms with Crippen molar-refractivity contribution in [1.29, 1.82) is 0 Å². The molecule has 0 radical (unpaired) electrons. The maximum atomic E-state index is 13.9. The molecule has 0 spiro atoms. The van der Waals surface area contributed by atoms with Gasteiger partial charge in [-0.3, -0.25) is 9.69 Å². The molecule has 40 heavy (non-hydrogen) atoms. The number of aromatic amines is 1. The third-order valence-corrected chi connectivity index (χ3v) is 11.3. The summed E-state index contributed by atoms with van der Waals surface area (Å²) in [6.45, 7) is 16.3. The van der Waals surface area contributed by atoms with Crippen molar-refractivity contribution in [2.75, 3.05) is 45.9 Å². The number of rotatable bonds is 8. The smallest absolute Gasteiger partial charge is 0.233 e. The van der Waals surface area contributed by atoms with E-state index in [2.05, 4.69) is 71.6 Å². The highest BCUT2D eigenvalue weighted by atomic mass is 32.1. The Hall–Kier alpha value is -2.19. The number of ether oxygens (including phenoxy) is 1. The third kappa shape index (κ3) is 4.93. The average Bonchev–Trinajstić information content (AvgIpc) is 3.25. The number of carbonyl (C=O) groups is 1. The van der Waals surface area contributed by atoms with Gasteiger partial charge in [0.25, 0.3) is 0 Å². The van der Waals surface area contributed by atoms with E-state index in [1.165, 1.54) is 68.7 Å². The molecule has 1 N–H and O–H groups in total. The number of hydrogen-bond donors (Lipinski definition) is 1. The van der Waals surface area contributed by atoms with Gasteiger partial charge in [0.1, 0.15) is 4.83 Å². The van der Waals surface area contributed by atoms with Gasteiger partial charge in [0.05, 0.1) is 23.8 Å². The van der Waals surface area contributed by atoms with Crippen LogP contribution >= 0.6 is 11.3 Å². The zero-order valence-electron chi connectivity index (χ0n) is 24.6. The first-order chi connectivity index (χ1) is 19.3. The number of aromatic nitrogens is 1. The Balaban J connectivity index is 1.17. The second-order valence-corrected chi connectivity index (χ2v) is 14.4. The van der Waals surface area contributed by atoms with E-state index in [0.29, 0.717) is 24.1 Å². The van der Waals surface area contributed by atoms with Gasteiger partial charge in [0, 0.05) is 61.6 Å². The monoisotopic (exact) mass is 560 g/mol. The number of epoxide rings is 1. The summed E-state index contributed by atoms with van der Waals surface area (Å²) in [4.78, 5) is 27.6. The number of nitrogens with zero attached hydrogens (tertiary/aromatic N) is 3. The Bertz CT molecular complexity index is 1370. The Morgan fingerprint density at radius 3 is 2.23 bits per heavy atom. The molecular formula is C33H44N4O2S. The normalized spacial score (nSPS) is 25.4. The molecular weight excluding hydrogens is 516 g/mol. The highest BCUT2D eigenvalue weighted by molar-refractivity contribution is 7.19. The first kappa shape index (κ1) is 26.7. The fraction of sp³-hybridized carbons (Fsp3) is 0.606. The third-order valence-electron chi connectivity index (χ3n) is 9.95. The molecule has 0 aliphatic carbocycles. The Kier molecular flexibility index (Phi) is 6.85. The van der Waals surface area contributed by atoms with Gasteiger partial charge in [-0.15, -0.1) is 11.3 Å². The summed E-state index contributed by atoms with van der Waals surface area (Å²) in [7, 11) is 0. The van der Waals surface area contributed by atoms with Crippen molar-refractivity contribution < 1.29 is 9.53 Å². The van der Waals surface area contributed by atoms with Gasteiger partial charge in [-0.05, 0) is 89.1 Å². The first-order valence-electron chi connectivity index (χ1n) is 15.4. The van der Waals surface area contributed by atoms with Crippen LogP contribution in [0.2, 0.25) is 0 Å². The molecule has 7 heteroatoms. The summed E-state index contributed by atoms with van der Waals surface area (Å²) < 4.78 is 5.45. The minimum absolute atomic E-state index is 0.326. The molecule has 4 aliphatic heterocycles. The molecule has 214 valence electrons. The van der Waals surface area contributed by atoms with Crippen molar-refractivity contribution in [1.82, 2.24) is 19.7 Å². The lowest BCUT2D eigenvalue weighted by molar-refractivity contribution is -0.137. The number of H-pyrrole nitrogens is 1. The molecule has 3 aromatic rings. The minimum atomic E-state index is -0.505. The highest BCUT2D eigenvalue weighted by Gasteiger charge is 2.47. The number of piperazine rings is 1. The second-order valence-electron chi connectivity index (χ2n) is 13.4. The molecule has 1 aromatic carbocycles. The minimum Gasteiger partial charge on any atom is -0.372 e. The number of carbonyl (C=O) groups excluding carboxylic acids is 1. The van der Waals surface area contributed by atoms with Gasteiger partial charge in [-0.25, -0.2) is 0 Å². The van der Waals surface area contributed by atoms with Crippen LogP contribution in [0.15, 0.2) is 24.3 Å². The zero-order chi connectivity index (χ0) is 27.6. The van der Waals surface area contributed by atoms with Crippen LogP contribution in [0, 0.1) is 13.8 Å². The number of aryl methyl sites for hydroxylation is 2. The van der Waals surface area contributed by atoms with Gasteiger partial charge in [-0.1, -0.05) is 17.2 Å². The molecule has 7 rings (SSSR count). The fourth-order valence-corrected chi connectivity index (χ4v) is 8.75. The maximum absolute atomic E-state index is 13.9. The molecule has 1 amide bonds. The number of benzene rings is 1. The van der Waals surface area contributed by atoms with Crippen LogP contribution in [-0.2, 0) is 21.4 Å².